The van der Waals surface area contributed by atoms with E-state index in [1.807, 2.05) is 13.0 Å². The van der Waals surface area contributed by atoms with Gasteiger partial charge >= 0.3 is 0 Å². The predicted octanol–water partition coefficient (Wildman–Crippen LogP) is 1.66. The van der Waals surface area contributed by atoms with Crippen LogP contribution in [-0.4, -0.2) is 27.6 Å². The third-order valence-electron chi connectivity index (χ3n) is 3.02. The SMILES string of the molecule is CCn1nc(C)c(N)c1C(=O)N(C)Cc1ccoc1. The van der Waals surface area contributed by atoms with E-state index in [0.29, 0.717) is 30.2 Å². The van der Waals surface area contributed by atoms with Crippen molar-refractivity contribution in [3.05, 3.63) is 35.5 Å². The van der Waals surface area contributed by atoms with E-state index < -0.39 is 0 Å². The van der Waals surface area contributed by atoms with Crippen LogP contribution in [0.4, 0.5) is 5.69 Å². The number of nitrogens with zero attached hydrogens (tertiary/aromatic N) is 3. The molecule has 2 rings (SSSR count). The van der Waals surface area contributed by atoms with Crippen LogP contribution in [-0.2, 0) is 13.1 Å². The van der Waals surface area contributed by atoms with Gasteiger partial charge in [0.05, 0.1) is 23.9 Å². The van der Waals surface area contributed by atoms with E-state index in [9.17, 15) is 4.79 Å². The third kappa shape index (κ3) is 2.47. The molecule has 0 unspecified atom stereocenters. The number of nitrogens with two attached hydrogens (primary N) is 1. The second kappa shape index (κ2) is 5.17. The first-order valence-corrected chi connectivity index (χ1v) is 6.14. The Hall–Kier alpha value is -2.24. The van der Waals surface area contributed by atoms with Crippen molar-refractivity contribution >= 4 is 11.6 Å². The first-order valence-electron chi connectivity index (χ1n) is 6.14. The van der Waals surface area contributed by atoms with Crippen molar-refractivity contribution in [1.82, 2.24) is 14.7 Å². The standard InChI is InChI=1S/C13H18N4O2/c1-4-17-12(11(14)9(2)15-17)13(18)16(3)7-10-5-6-19-8-10/h5-6,8H,4,7,14H2,1-3H3. The van der Waals surface area contributed by atoms with E-state index in [1.54, 1.807) is 36.1 Å². The number of hydrogen-bond acceptors (Lipinski definition) is 4. The third-order valence-corrected chi connectivity index (χ3v) is 3.02. The Morgan fingerprint density at radius 2 is 2.32 bits per heavy atom. The van der Waals surface area contributed by atoms with Crippen LogP contribution in [0.25, 0.3) is 0 Å². The molecule has 0 radical (unpaired) electrons. The number of carbonyl (C=O) groups is 1. The zero-order valence-electron chi connectivity index (χ0n) is 11.4. The number of amides is 1. The molecule has 102 valence electrons. The lowest BCUT2D eigenvalue weighted by Crippen LogP contribution is -2.29. The van der Waals surface area contributed by atoms with Gasteiger partial charge in [0.1, 0.15) is 5.69 Å². The number of hydrogen-bond donors (Lipinski definition) is 1. The van der Waals surface area contributed by atoms with Gasteiger partial charge in [-0.1, -0.05) is 0 Å². The van der Waals surface area contributed by atoms with E-state index in [-0.39, 0.29) is 5.91 Å². The Kier molecular flexibility index (Phi) is 3.59. The van der Waals surface area contributed by atoms with Crippen LogP contribution in [0.1, 0.15) is 28.7 Å². The molecule has 0 aliphatic rings. The van der Waals surface area contributed by atoms with Crippen molar-refractivity contribution in [2.75, 3.05) is 12.8 Å². The number of furan rings is 1. The average molecular weight is 262 g/mol. The van der Waals surface area contributed by atoms with Crippen molar-refractivity contribution in [1.29, 1.82) is 0 Å². The lowest BCUT2D eigenvalue weighted by atomic mass is 10.2. The van der Waals surface area contributed by atoms with Crippen LogP contribution in [0.3, 0.4) is 0 Å². The van der Waals surface area contributed by atoms with Crippen LogP contribution in [0, 0.1) is 6.92 Å². The van der Waals surface area contributed by atoms with E-state index in [1.165, 1.54) is 0 Å². The van der Waals surface area contributed by atoms with Gasteiger partial charge in [0.2, 0.25) is 0 Å². The van der Waals surface area contributed by atoms with Crippen molar-refractivity contribution in [2.24, 2.45) is 0 Å². The summed E-state index contributed by atoms with van der Waals surface area (Å²) in [6, 6.07) is 1.83. The van der Waals surface area contributed by atoms with Gasteiger partial charge in [-0.2, -0.15) is 5.10 Å². The predicted molar refractivity (Wildman–Crippen MR) is 71.6 cm³/mol. The molecule has 6 nitrogen and oxygen atoms in total. The average Bonchev–Trinajstić information content (AvgIpc) is 2.98. The van der Waals surface area contributed by atoms with Gasteiger partial charge < -0.3 is 15.1 Å². The van der Waals surface area contributed by atoms with Crippen LogP contribution in [0.2, 0.25) is 0 Å². The highest BCUT2D eigenvalue weighted by molar-refractivity contribution is 5.97. The molecule has 0 aliphatic heterocycles. The molecule has 0 saturated heterocycles. The lowest BCUT2D eigenvalue weighted by Gasteiger charge is -2.17. The molecular formula is C13H18N4O2. The maximum absolute atomic E-state index is 12.4. The summed E-state index contributed by atoms with van der Waals surface area (Å²) in [6.45, 7) is 4.81. The number of nitrogen functional groups attached to an aromatic ring is 1. The van der Waals surface area contributed by atoms with Crippen LogP contribution in [0.15, 0.2) is 23.0 Å². The summed E-state index contributed by atoms with van der Waals surface area (Å²) in [4.78, 5) is 14.0. The molecule has 0 saturated carbocycles. The largest absolute Gasteiger partial charge is 0.472 e. The molecule has 2 N–H and O–H groups in total. The molecule has 0 aliphatic carbocycles. The van der Waals surface area contributed by atoms with Crippen LogP contribution in [0.5, 0.6) is 0 Å². The van der Waals surface area contributed by atoms with E-state index in [2.05, 4.69) is 5.10 Å². The van der Waals surface area contributed by atoms with Gasteiger partial charge in [-0.15, -0.1) is 0 Å². The minimum atomic E-state index is -0.138. The zero-order valence-corrected chi connectivity index (χ0v) is 11.4. The molecule has 0 aromatic carbocycles. The highest BCUT2D eigenvalue weighted by atomic mass is 16.3. The fourth-order valence-corrected chi connectivity index (χ4v) is 1.96. The summed E-state index contributed by atoms with van der Waals surface area (Å²) in [5, 5.41) is 4.25. The Labute approximate surface area is 111 Å². The Morgan fingerprint density at radius 1 is 1.58 bits per heavy atom. The summed E-state index contributed by atoms with van der Waals surface area (Å²) in [7, 11) is 1.73. The highest BCUT2D eigenvalue weighted by Crippen LogP contribution is 2.19. The number of rotatable bonds is 4. The summed E-state index contributed by atoms with van der Waals surface area (Å²) in [5.41, 5.74) is 8.46. The van der Waals surface area contributed by atoms with Crippen molar-refractivity contribution in [3.8, 4) is 0 Å². The van der Waals surface area contributed by atoms with Crippen molar-refractivity contribution < 1.29 is 9.21 Å². The lowest BCUT2D eigenvalue weighted by molar-refractivity contribution is 0.0773. The quantitative estimate of drug-likeness (QED) is 0.909. The number of carbonyl (C=O) groups excluding carboxylic acids is 1. The maximum atomic E-state index is 12.4. The highest BCUT2D eigenvalue weighted by Gasteiger charge is 2.22. The molecule has 2 heterocycles. The van der Waals surface area contributed by atoms with Gasteiger partial charge in [-0.3, -0.25) is 9.48 Å². The van der Waals surface area contributed by atoms with E-state index >= 15 is 0 Å². The topological polar surface area (TPSA) is 77.3 Å². The molecule has 2 aromatic rings. The number of anilines is 1. The fraction of sp³-hybridized carbons (Fsp3) is 0.385. The molecule has 6 heteroatoms. The Morgan fingerprint density at radius 3 is 2.89 bits per heavy atom. The normalized spacial score (nSPS) is 10.7. The Bertz CT molecular complexity index is 572. The Balaban J connectivity index is 2.24. The number of aryl methyl sites for hydroxylation is 2. The number of aromatic nitrogens is 2. The second-order valence-electron chi connectivity index (χ2n) is 4.46. The molecule has 0 fully saturated rings. The van der Waals surface area contributed by atoms with Crippen molar-refractivity contribution in [3.63, 3.8) is 0 Å². The first kappa shape index (κ1) is 13.2. The van der Waals surface area contributed by atoms with Crippen LogP contribution < -0.4 is 5.73 Å². The minimum Gasteiger partial charge on any atom is -0.472 e. The smallest absolute Gasteiger partial charge is 0.274 e. The molecule has 0 spiro atoms. The van der Waals surface area contributed by atoms with Gasteiger partial charge in [0.25, 0.3) is 5.91 Å². The summed E-state index contributed by atoms with van der Waals surface area (Å²) in [5.74, 6) is -0.138. The molecular weight excluding hydrogens is 244 g/mol. The molecule has 0 atom stereocenters. The maximum Gasteiger partial charge on any atom is 0.274 e. The van der Waals surface area contributed by atoms with Gasteiger partial charge in [0, 0.05) is 25.7 Å². The van der Waals surface area contributed by atoms with Gasteiger partial charge in [0.15, 0.2) is 0 Å². The van der Waals surface area contributed by atoms with Crippen LogP contribution >= 0.6 is 0 Å². The minimum absolute atomic E-state index is 0.138. The molecule has 2 aromatic heterocycles. The first-order chi connectivity index (χ1) is 9.04. The van der Waals surface area contributed by atoms with Gasteiger partial charge in [-0.05, 0) is 19.9 Å². The summed E-state index contributed by atoms with van der Waals surface area (Å²) >= 11 is 0. The summed E-state index contributed by atoms with van der Waals surface area (Å²) in [6.07, 6.45) is 3.21. The van der Waals surface area contributed by atoms with E-state index in [4.69, 9.17) is 10.2 Å². The zero-order chi connectivity index (χ0) is 14.0. The van der Waals surface area contributed by atoms with Gasteiger partial charge in [-0.25, -0.2) is 0 Å². The van der Waals surface area contributed by atoms with E-state index in [0.717, 1.165) is 5.56 Å². The van der Waals surface area contributed by atoms with Crippen molar-refractivity contribution in [2.45, 2.75) is 26.9 Å². The fourth-order valence-electron chi connectivity index (χ4n) is 1.96. The molecule has 1 amide bonds. The second-order valence-corrected chi connectivity index (χ2v) is 4.46. The summed E-state index contributed by atoms with van der Waals surface area (Å²) < 4.78 is 6.63. The monoisotopic (exact) mass is 262 g/mol. The molecule has 0 bridgehead atoms. The molecule has 19 heavy (non-hydrogen) atoms.